The third-order valence-electron chi connectivity index (χ3n) is 5.81. The summed E-state index contributed by atoms with van der Waals surface area (Å²) in [6.07, 6.45) is 4.12. The number of rotatable bonds is 7. The second kappa shape index (κ2) is 11.5. The van der Waals surface area contributed by atoms with E-state index >= 15 is 0 Å². The van der Waals surface area contributed by atoms with Crippen LogP contribution < -0.4 is 10.3 Å². The molecule has 0 bridgehead atoms. The molecule has 0 unspecified atom stereocenters. The highest BCUT2D eigenvalue weighted by Gasteiger charge is 2.13. The van der Waals surface area contributed by atoms with Gasteiger partial charge in [-0.1, -0.05) is 35.9 Å². The Morgan fingerprint density at radius 3 is 2.40 bits per heavy atom. The van der Waals surface area contributed by atoms with Gasteiger partial charge in [0.2, 0.25) is 0 Å². The normalized spacial score (nSPS) is 11.3. The fourth-order valence-electron chi connectivity index (χ4n) is 3.83. The lowest BCUT2D eigenvalue weighted by Crippen LogP contribution is -2.20. The summed E-state index contributed by atoms with van der Waals surface area (Å²) < 4.78 is 6.70. The van der Waals surface area contributed by atoms with Gasteiger partial charge in [-0.25, -0.2) is 9.78 Å². The molecule has 0 spiro atoms. The molecule has 5 rings (SSSR count). The molecule has 0 saturated carbocycles. The van der Waals surface area contributed by atoms with E-state index in [4.69, 9.17) is 16.3 Å². The van der Waals surface area contributed by atoms with Gasteiger partial charge < -0.3 is 4.74 Å². The van der Waals surface area contributed by atoms with Crippen molar-refractivity contribution in [3.05, 3.63) is 140 Å². The van der Waals surface area contributed by atoms with Crippen molar-refractivity contribution in [3.63, 3.8) is 0 Å². The average Bonchev–Trinajstić information content (AvgIpc) is 2.97. The summed E-state index contributed by atoms with van der Waals surface area (Å²) in [5, 5.41) is 16.2. The molecule has 0 aliphatic heterocycles. The third-order valence-corrected chi connectivity index (χ3v) is 6.07. The summed E-state index contributed by atoms with van der Waals surface area (Å²) >= 11 is 6.05. The van der Waals surface area contributed by atoms with E-state index in [0.29, 0.717) is 38.4 Å². The lowest BCUT2D eigenvalue weighted by Gasteiger charge is -2.10. The van der Waals surface area contributed by atoms with Crippen LogP contribution in [0.4, 0.5) is 5.69 Å². The fourth-order valence-corrected chi connectivity index (χ4v) is 3.96. The molecule has 1 aromatic heterocycles. The Morgan fingerprint density at radius 1 is 0.950 bits per heavy atom. The summed E-state index contributed by atoms with van der Waals surface area (Å²) in [5.41, 5.74) is 1.79. The predicted molar refractivity (Wildman–Crippen MR) is 154 cm³/mol. The Balaban J connectivity index is 1.45. The van der Waals surface area contributed by atoms with Gasteiger partial charge in [-0.15, -0.1) is 0 Å². The summed E-state index contributed by atoms with van der Waals surface area (Å²) in [6.45, 7) is 0. The second-order valence-electron chi connectivity index (χ2n) is 8.46. The standard InChI is InChI=1S/C30H19ClN4O5/c31-23-14-12-21(13-15-23)29-33-26-7-3-2-6-25(26)30(37)34(29)32-19-22-5-1-4-8-27(22)40-28(36)18-11-20-9-16-24(17-10-20)35(38)39/h1-19H/b18-11+,32-19?. The maximum Gasteiger partial charge on any atom is 0.336 e. The molecule has 5 aromatic rings. The SMILES string of the molecule is O=C(/C=C/c1ccc([N+](=O)[O-])cc1)Oc1ccccc1C=Nn1c(-c2ccc(Cl)cc2)nc2ccccc2c1=O. The monoisotopic (exact) mass is 550 g/mol. The molecule has 0 atom stereocenters. The van der Waals surface area contributed by atoms with Crippen molar-refractivity contribution in [1.29, 1.82) is 0 Å². The minimum Gasteiger partial charge on any atom is -0.423 e. The Hall–Kier alpha value is -5.41. The van der Waals surface area contributed by atoms with Gasteiger partial charge in [0.05, 0.1) is 22.0 Å². The van der Waals surface area contributed by atoms with Gasteiger partial charge in [0.25, 0.3) is 11.2 Å². The molecule has 0 aliphatic rings. The van der Waals surface area contributed by atoms with Crippen LogP contribution in [-0.2, 0) is 4.79 Å². The van der Waals surface area contributed by atoms with E-state index in [1.807, 2.05) is 0 Å². The topological polar surface area (TPSA) is 117 Å². The minimum atomic E-state index is -0.661. The Kier molecular flexibility index (Phi) is 7.56. The molecule has 10 heteroatoms. The van der Waals surface area contributed by atoms with Crippen molar-refractivity contribution in [3.8, 4) is 17.1 Å². The number of para-hydroxylation sites is 2. The van der Waals surface area contributed by atoms with Gasteiger partial charge in [-0.3, -0.25) is 14.9 Å². The maximum atomic E-state index is 13.4. The van der Waals surface area contributed by atoms with Crippen LogP contribution in [0.1, 0.15) is 11.1 Å². The number of benzene rings is 4. The first-order valence-corrected chi connectivity index (χ1v) is 12.3. The van der Waals surface area contributed by atoms with Crippen molar-refractivity contribution in [2.45, 2.75) is 0 Å². The van der Waals surface area contributed by atoms with Gasteiger partial charge >= 0.3 is 5.97 Å². The Bertz CT molecular complexity index is 1850. The first kappa shape index (κ1) is 26.2. The van der Waals surface area contributed by atoms with Crippen LogP contribution in [0.2, 0.25) is 5.02 Å². The number of non-ortho nitro benzene ring substituents is 1. The van der Waals surface area contributed by atoms with Crippen LogP contribution in [0.5, 0.6) is 5.75 Å². The predicted octanol–water partition coefficient (Wildman–Crippen LogP) is 6.13. The molecule has 0 N–H and O–H groups in total. The van der Waals surface area contributed by atoms with Gasteiger partial charge in [0, 0.05) is 34.4 Å². The summed E-state index contributed by atoms with van der Waals surface area (Å²) in [7, 11) is 0. The van der Waals surface area contributed by atoms with Crippen LogP contribution in [0, 0.1) is 10.1 Å². The van der Waals surface area contributed by atoms with E-state index in [1.165, 1.54) is 47.3 Å². The number of nitro groups is 1. The zero-order valence-corrected chi connectivity index (χ0v) is 21.4. The summed E-state index contributed by atoms with van der Waals surface area (Å²) in [5.74, 6) is -0.123. The number of nitrogens with zero attached hydrogens (tertiary/aromatic N) is 4. The van der Waals surface area contributed by atoms with Crippen molar-refractivity contribution >= 4 is 46.5 Å². The van der Waals surface area contributed by atoms with E-state index in [9.17, 15) is 19.7 Å². The molecular weight excluding hydrogens is 532 g/mol. The molecule has 1 heterocycles. The molecule has 196 valence electrons. The van der Waals surface area contributed by atoms with Crippen LogP contribution >= 0.6 is 11.6 Å². The van der Waals surface area contributed by atoms with E-state index in [0.717, 1.165) is 0 Å². The molecule has 0 amide bonds. The fraction of sp³-hybridized carbons (Fsp3) is 0. The van der Waals surface area contributed by atoms with Crippen LogP contribution in [-0.4, -0.2) is 26.8 Å². The second-order valence-corrected chi connectivity index (χ2v) is 8.90. The summed E-state index contributed by atoms with van der Waals surface area (Å²) in [4.78, 5) is 40.9. The van der Waals surface area contributed by atoms with Gasteiger partial charge in [0.1, 0.15) is 5.75 Å². The van der Waals surface area contributed by atoms with Crippen LogP contribution in [0.3, 0.4) is 0 Å². The lowest BCUT2D eigenvalue weighted by molar-refractivity contribution is -0.384. The van der Waals surface area contributed by atoms with E-state index in [-0.39, 0.29) is 17.0 Å². The largest absolute Gasteiger partial charge is 0.423 e. The van der Waals surface area contributed by atoms with Gasteiger partial charge in [-0.2, -0.15) is 9.78 Å². The Morgan fingerprint density at radius 2 is 1.65 bits per heavy atom. The van der Waals surface area contributed by atoms with Gasteiger partial charge in [-0.05, 0) is 72.3 Å². The number of fused-ring (bicyclic) bond motifs is 1. The molecule has 0 radical (unpaired) electrons. The van der Waals surface area contributed by atoms with E-state index in [2.05, 4.69) is 10.1 Å². The highest BCUT2D eigenvalue weighted by atomic mass is 35.5. The van der Waals surface area contributed by atoms with E-state index in [1.54, 1.807) is 72.8 Å². The number of halogens is 1. The smallest absolute Gasteiger partial charge is 0.336 e. The maximum absolute atomic E-state index is 13.4. The molecule has 0 saturated heterocycles. The first-order valence-electron chi connectivity index (χ1n) is 11.9. The summed E-state index contributed by atoms with van der Waals surface area (Å²) in [6, 6.07) is 26.3. The number of hydrogen-bond acceptors (Lipinski definition) is 7. The third kappa shape index (κ3) is 5.85. The van der Waals surface area contributed by atoms with Crippen LogP contribution in [0.25, 0.3) is 28.4 Å². The zero-order chi connectivity index (χ0) is 28.1. The minimum absolute atomic E-state index is 0.0483. The number of esters is 1. The lowest BCUT2D eigenvalue weighted by atomic mass is 10.2. The number of ether oxygens (including phenoxy) is 1. The Labute approximate surface area is 232 Å². The highest BCUT2D eigenvalue weighted by Crippen LogP contribution is 2.22. The first-order chi connectivity index (χ1) is 19.4. The number of hydrogen-bond donors (Lipinski definition) is 0. The number of aromatic nitrogens is 2. The van der Waals surface area contributed by atoms with Crippen LogP contribution in [0.15, 0.2) is 113 Å². The molecule has 0 aliphatic carbocycles. The molecular formula is C30H19ClN4O5. The number of nitro benzene ring substituents is 1. The van der Waals surface area contributed by atoms with Crippen molar-refractivity contribution in [2.24, 2.45) is 5.10 Å². The van der Waals surface area contributed by atoms with Crippen molar-refractivity contribution < 1.29 is 14.5 Å². The van der Waals surface area contributed by atoms with Gasteiger partial charge in [0.15, 0.2) is 5.82 Å². The molecule has 40 heavy (non-hydrogen) atoms. The average molecular weight is 551 g/mol. The highest BCUT2D eigenvalue weighted by molar-refractivity contribution is 6.30. The van der Waals surface area contributed by atoms with E-state index < -0.39 is 10.9 Å². The quantitative estimate of drug-likeness (QED) is 0.0601. The molecule has 9 nitrogen and oxygen atoms in total. The zero-order valence-electron chi connectivity index (χ0n) is 20.7. The number of carbonyl (C=O) groups is 1. The van der Waals surface area contributed by atoms with Crippen molar-refractivity contribution in [1.82, 2.24) is 9.66 Å². The molecule has 4 aromatic carbocycles. The number of carbonyl (C=O) groups excluding carboxylic acids is 1. The molecule has 0 fully saturated rings. The van der Waals surface area contributed by atoms with Crippen molar-refractivity contribution in [2.75, 3.05) is 0 Å².